The quantitative estimate of drug-likeness (QED) is 0.154. The third-order valence-corrected chi connectivity index (χ3v) is 10.3. The SMILES string of the molecule is CCCCC/C=C\C/C=C\CC(=O)C[P+](c1ccccc1)(c1ccccc1)c1ccccc1. The van der Waals surface area contributed by atoms with E-state index in [1.807, 2.05) is 6.08 Å². The topological polar surface area (TPSA) is 17.1 Å². The molecule has 3 rings (SSSR count). The summed E-state index contributed by atoms with van der Waals surface area (Å²) in [5.41, 5.74) is 0. The lowest BCUT2D eigenvalue weighted by Crippen LogP contribution is -2.35. The fourth-order valence-electron chi connectivity index (χ4n) is 4.21. The third-order valence-electron chi connectivity index (χ3n) is 5.93. The normalized spacial score (nSPS) is 11.9. The first-order chi connectivity index (χ1) is 16.3. The lowest BCUT2D eigenvalue weighted by Gasteiger charge is -2.27. The molecular formula is C31H36OP+. The van der Waals surface area contributed by atoms with Gasteiger partial charge in [-0.25, -0.2) is 0 Å². The summed E-state index contributed by atoms with van der Waals surface area (Å²) < 4.78 is 0. The summed E-state index contributed by atoms with van der Waals surface area (Å²) >= 11 is 0. The molecule has 0 aliphatic carbocycles. The van der Waals surface area contributed by atoms with Crippen molar-refractivity contribution >= 4 is 29.0 Å². The maximum Gasteiger partial charge on any atom is 0.174 e. The average Bonchev–Trinajstić information content (AvgIpc) is 2.88. The van der Waals surface area contributed by atoms with Crippen molar-refractivity contribution in [2.24, 2.45) is 0 Å². The van der Waals surface area contributed by atoms with Crippen molar-refractivity contribution in [3.8, 4) is 0 Å². The van der Waals surface area contributed by atoms with Crippen molar-refractivity contribution in [3.63, 3.8) is 0 Å². The fraction of sp³-hybridized carbons (Fsp3) is 0.258. The zero-order chi connectivity index (χ0) is 23.2. The molecule has 0 amide bonds. The van der Waals surface area contributed by atoms with E-state index >= 15 is 0 Å². The molecule has 0 N–H and O–H groups in total. The molecule has 0 saturated heterocycles. The molecule has 3 aromatic rings. The summed E-state index contributed by atoms with van der Waals surface area (Å²) in [7, 11) is -2.08. The van der Waals surface area contributed by atoms with Crippen LogP contribution >= 0.6 is 7.26 Å². The van der Waals surface area contributed by atoms with Gasteiger partial charge < -0.3 is 0 Å². The molecule has 0 bridgehead atoms. The van der Waals surface area contributed by atoms with E-state index in [1.165, 1.54) is 35.2 Å². The van der Waals surface area contributed by atoms with Crippen molar-refractivity contribution < 1.29 is 4.79 Å². The Kier molecular flexibility index (Phi) is 10.3. The first kappa shape index (κ1) is 24.9. The summed E-state index contributed by atoms with van der Waals surface area (Å²) in [4.78, 5) is 13.3. The second kappa shape index (κ2) is 13.7. The number of ketones is 1. The van der Waals surface area contributed by atoms with Crippen LogP contribution in [0.15, 0.2) is 115 Å². The smallest absolute Gasteiger partial charge is 0.174 e. The minimum atomic E-state index is -2.08. The van der Waals surface area contributed by atoms with Crippen molar-refractivity contribution in [3.05, 3.63) is 115 Å². The second-order valence-corrected chi connectivity index (χ2v) is 11.9. The van der Waals surface area contributed by atoms with E-state index < -0.39 is 7.26 Å². The summed E-state index contributed by atoms with van der Waals surface area (Å²) in [6.07, 6.45) is 15.5. The van der Waals surface area contributed by atoms with E-state index in [1.54, 1.807) is 0 Å². The third kappa shape index (κ3) is 7.11. The molecule has 0 fully saturated rings. The standard InChI is InChI=1S/C31H36OP/c1-2-3-4-5-6-7-8-9-13-20-28(32)27-33(29-21-14-10-15-22-29,30-23-16-11-17-24-30)31-25-18-12-19-26-31/h6-7,9-19,21-26H,2-5,8,20,27H2,1H3/q+1/b7-6-,13-9-. The molecule has 3 aromatic carbocycles. The Morgan fingerprint density at radius 2 is 1.15 bits per heavy atom. The Hall–Kier alpha value is -2.76. The van der Waals surface area contributed by atoms with Crippen molar-refractivity contribution in [2.45, 2.75) is 45.4 Å². The number of hydrogen-bond donors (Lipinski definition) is 0. The highest BCUT2D eigenvalue weighted by Gasteiger charge is 2.46. The molecular weight excluding hydrogens is 419 g/mol. The molecule has 33 heavy (non-hydrogen) atoms. The van der Waals surface area contributed by atoms with Gasteiger partial charge in [0.2, 0.25) is 0 Å². The van der Waals surface area contributed by atoms with Gasteiger partial charge in [0.25, 0.3) is 0 Å². The second-order valence-electron chi connectivity index (χ2n) is 8.39. The van der Waals surface area contributed by atoms with Gasteiger partial charge in [0.1, 0.15) is 29.3 Å². The fourth-order valence-corrected chi connectivity index (χ4v) is 8.36. The highest BCUT2D eigenvalue weighted by molar-refractivity contribution is 7.96. The monoisotopic (exact) mass is 455 g/mol. The van der Waals surface area contributed by atoms with Gasteiger partial charge >= 0.3 is 0 Å². The van der Waals surface area contributed by atoms with Gasteiger partial charge in [-0.2, -0.15) is 0 Å². The Morgan fingerprint density at radius 1 is 0.667 bits per heavy atom. The number of Topliss-reactive ketones (excluding diaryl/α,β-unsaturated/α-hetero) is 1. The van der Waals surface area contributed by atoms with Gasteiger partial charge in [-0.15, -0.1) is 0 Å². The Labute approximate surface area is 200 Å². The van der Waals surface area contributed by atoms with Gasteiger partial charge in [0, 0.05) is 6.42 Å². The molecule has 0 atom stereocenters. The van der Waals surface area contributed by atoms with Crippen molar-refractivity contribution in [1.82, 2.24) is 0 Å². The van der Waals surface area contributed by atoms with Crippen molar-refractivity contribution in [2.75, 3.05) is 6.16 Å². The number of allylic oxidation sites excluding steroid dienone is 4. The van der Waals surface area contributed by atoms with Crippen LogP contribution in [0.25, 0.3) is 0 Å². The number of carbonyl (C=O) groups is 1. The Bertz CT molecular complexity index is 910. The molecule has 0 aliphatic rings. The maximum atomic E-state index is 13.3. The highest BCUT2D eigenvalue weighted by Crippen LogP contribution is 2.55. The van der Waals surface area contributed by atoms with Gasteiger partial charge in [-0.1, -0.05) is 98.7 Å². The minimum absolute atomic E-state index is 0.295. The maximum absolute atomic E-state index is 13.3. The summed E-state index contributed by atoms with van der Waals surface area (Å²) in [6.45, 7) is 2.23. The molecule has 0 spiro atoms. The predicted octanol–water partition coefficient (Wildman–Crippen LogP) is 7.02. The van der Waals surface area contributed by atoms with Crippen LogP contribution in [-0.2, 0) is 4.79 Å². The molecule has 0 saturated carbocycles. The van der Waals surface area contributed by atoms with Crippen LogP contribution in [0.2, 0.25) is 0 Å². The summed E-state index contributed by atoms with van der Waals surface area (Å²) in [6, 6.07) is 31.9. The number of rotatable bonds is 13. The van der Waals surface area contributed by atoms with E-state index in [9.17, 15) is 4.79 Å². The molecule has 0 unspecified atom stereocenters. The largest absolute Gasteiger partial charge is 0.295 e. The molecule has 0 aliphatic heterocycles. The molecule has 0 radical (unpaired) electrons. The number of hydrogen-bond acceptors (Lipinski definition) is 1. The summed E-state index contributed by atoms with van der Waals surface area (Å²) in [5, 5.41) is 3.78. The Balaban J connectivity index is 1.81. The zero-order valence-electron chi connectivity index (χ0n) is 19.8. The predicted molar refractivity (Wildman–Crippen MR) is 147 cm³/mol. The highest BCUT2D eigenvalue weighted by atomic mass is 31.2. The molecule has 1 nitrogen and oxygen atoms in total. The van der Waals surface area contributed by atoms with Crippen LogP contribution in [0.5, 0.6) is 0 Å². The molecule has 170 valence electrons. The zero-order valence-corrected chi connectivity index (χ0v) is 20.7. The van der Waals surface area contributed by atoms with Gasteiger partial charge in [0.05, 0.1) is 0 Å². The molecule has 2 heteroatoms. The minimum Gasteiger partial charge on any atom is -0.295 e. The molecule has 0 aromatic heterocycles. The van der Waals surface area contributed by atoms with Gasteiger partial charge in [-0.05, 0) is 55.7 Å². The van der Waals surface area contributed by atoms with Crippen LogP contribution in [0, 0.1) is 0 Å². The first-order valence-corrected chi connectivity index (χ1v) is 14.1. The van der Waals surface area contributed by atoms with E-state index in [2.05, 4.69) is 116 Å². The van der Waals surface area contributed by atoms with Crippen LogP contribution in [-0.4, -0.2) is 11.9 Å². The van der Waals surface area contributed by atoms with Gasteiger partial charge in [0.15, 0.2) is 5.78 Å². The van der Waals surface area contributed by atoms with E-state index in [0.29, 0.717) is 18.4 Å². The molecule has 0 heterocycles. The van der Waals surface area contributed by atoms with Crippen LogP contribution in [0.1, 0.15) is 45.4 Å². The van der Waals surface area contributed by atoms with E-state index in [4.69, 9.17) is 0 Å². The van der Waals surface area contributed by atoms with Crippen LogP contribution < -0.4 is 15.9 Å². The lowest BCUT2D eigenvalue weighted by atomic mass is 10.2. The van der Waals surface area contributed by atoms with Crippen molar-refractivity contribution in [1.29, 1.82) is 0 Å². The van der Waals surface area contributed by atoms with E-state index in [-0.39, 0.29) is 0 Å². The lowest BCUT2D eigenvalue weighted by molar-refractivity contribution is -0.115. The Morgan fingerprint density at radius 3 is 1.64 bits per heavy atom. The number of unbranched alkanes of at least 4 members (excludes halogenated alkanes) is 3. The average molecular weight is 456 g/mol. The van der Waals surface area contributed by atoms with Crippen LogP contribution in [0.3, 0.4) is 0 Å². The summed E-state index contributed by atoms with van der Waals surface area (Å²) in [5.74, 6) is 0.295. The van der Waals surface area contributed by atoms with E-state index in [0.717, 1.165) is 12.8 Å². The number of benzene rings is 3. The first-order valence-electron chi connectivity index (χ1n) is 12.1. The van der Waals surface area contributed by atoms with Crippen LogP contribution in [0.4, 0.5) is 0 Å². The number of carbonyl (C=O) groups excluding carboxylic acids is 1. The van der Waals surface area contributed by atoms with Gasteiger partial charge in [-0.3, -0.25) is 4.79 Å².